The number of methoxy groups -OCH3 is 1. The zero-order valence-corrected chi connectivity index (χ0v) is 21.2. The molecule has 2 aliphatic heterocycles. The summed E-state index contributed by atoms with van der Waals surface area (Å²) in [5.41, 5.74) is 3.08. The Kier molecular flexibility index (Phi) is 6.32. The summed E-state index contributed by atoms with van der Waals surface area (Å²) in [7, 11) is 2.25. The highest BCUT2D eigenvalue weighted by atomic mass is 32.2. The number of rotatable bonds is 7. The van der Waals surface area contributed by atoms with Gasteiger partial charge in [-0.3, -0.25) is 0 Å². The fraction of sp³-hybridized carbons (Fsp3) is 0.458. The Labute approximate surface area is 206 Å². The van der Waals surface area contributed by atoms with Gasteiger partial charge in [0.15, 0.2) is 11.0 Å². The van der Waals surface area contributed by atoms with Gasteiger partial charge in [0.25, 0.3) is 0 Å². The van der Waals surface area contributed by atoms with Gasteiger partial charge in [0.1, 0.15) is 5.82 Å². The Bertz CT molecular complexity index is 1260. The Morgan fingerprint density at radius 2 is 2.06 bits per heavy atom. The smallest absolute Gasteiger partial charge is 0.247 e. The molecule has 0 saturated carbocycles. The molecule has 3 aromatic rings. The van der Waals surface area contributed by atoms with E-state index >= 15 is 0 Å². The summed E-state index contributed by atoms with van der Waals surface area (Å²) >= 11 is 0. The summed E-state index contributed by atoms with van der Waals surface area (Å²) < 4.78 is 34.9. The number of nitrogens with zero attached hydrogens (tertiary/aromatic N) is 5. The third-order valence-corrected chi connectivity index (χ3v) is 8.01. The van der Waals surface area contributed by atoms with Crippen molar-refractivity contribution in [3.8, 4) is 17.0 Å². The Hall–Kier alpha value is -2.89. The molecule has 5 rings (SSSR count). The number of H-pyrrole nitrogens is 1. The second-order valence-corrected chi connectivity index (χ2v) is 11.2. The van der Waals surface area contributed by atoms with Crippen LogP contribution in [0.4, 0.5) is 16.0 Å². The molecule has 2 N–H and O–H groups in total. The van der Waals surface area contributed by atoms with Crippen LogP contribution in [0.2, 0.25) is 0 Å². The summed E-state index contributed by atoms with van der Waals surface area (Å²) in [6.07, 6.45) is 2.75. The number of hydrogen-bond acceptors (Lipinski definition) is 7. The Balaban J connectivity index is 1.41. The summed E-state index contributed by atoms with van der Waals surface area (Å²) in [4.78, 5) is 10.9. The van der Waals surface area contributed by atoms with Crippen molar-refractivity contribution in [1.29, 1.82) is 0 Å². The van der Waals surface area contributed by atoms with Crippen LogP contribution in [0.15, 0.2) is 35.6 Å². The third kappa shape index (κ3) is 4.67. The van der Waals surface area contributed by atoms with Crippen molar-refractivity contribution < 1.29 is 13.3 Å². The van der Waals surface area contributed by atoms with E-state index in [-0.39, 0.29) is 23.1 Å². The van der Waals surface area contributed by atoms with E-state index in [1.807, 2.05) is 18.2 Å². The molecule has 1 unspecified atom stereocenters. The fourth-order valence-electron chi connectivity index (χ4n) is 4.99. The van der Waals surface area contributed by atoms with Crippen LogP contribution in [-0.2, 0) is 11.0 Å². The molecule has 1 atom stereocenters. The van der Waals surface area contributed by atoms with E-state index in [2.05, 4.69) is 37.4 Å². The Morgan fingerprint density at radius 3 is 2.74 bits per heavy atom. The van der Waals surface area contributed by atoms with Gasteiger partial charge in [-0.15, -0.1) is 5.10 Å². The predicted molar refractivity (Wildman–Crippen MR) is 132 cm³/mol. The van der Waals surface area contributed by atoms with E-state index in [1.165, 1.54) is 19.2 Å². The molecular formula is C24H30FN7O2S. The van der Waals surface area contributed by atoms with E-state index in [0.717, 1.165) is 43.7 Å². The van der Waals surface area contributed by atoms with E-state index in [0.29, 0.717) is 22.3 Å². The number of likely N-dealkylation sites (tertiary alicyclic amines) is 1. The summed E-state index contributed by atoms with van der Waals surface area (Å²) in [5, 5.41) is 10.6. The van der Waals surface area contributed by atoms with Crippen molar-refractivity contribution in [3.05, 3.63) is 41.8 Å². The van der Waals surface area contributed by atoms with E-state index in [9.17, 15) is 8.60 Å². The minimum absolute atomic E-state index is 0.0325. The SMILES string of the molecule is COc1cc(-c2cc(F)cc(C(C)C)c2Nc2n[nH]c(S(=O)N3CC4(CCN(C)C4)C3)n2)ccn1. The quantitative estimate of drug-likeness (QED) is 0.513. The van der Waals surface area contributed by atoms with Gasteiger partial charge in [0.05, 0.1) is 12.8 Å². The number of halogens is 1. The largest absolute Gasteiger partial charge is 0.481 e. The van der Waals surface area contributed by atoms with Crippen molar-refractivity contribution in [1.82, 2.24) is 29.4 Å². The van der Waals surface area contributed by atoms with E-state index in [1.54, 1.807) is 18.3 Å². The lowest BCUT2D eigenvalue weighted by Crippen LogP contribution is -2.57. The molecule has 1 aromatic carbocycles. The molecule has 1 spiro atoms. The van der Waals surface area contributed by atoms with Crippen LogP contribution in [0.25, 0.3) is 11.1 Å². The molecule has 0 radical (unpaired) electrons. The maximum Gasteiger partial charge on any atom is 0.247 e. The number of aromatic amines is 1. The van der Waals surface area contributed by atoms with Gasteiger partial charge in [0, 0.05) is 42.9 Å². The standard InChI is InChI=1S/C24H30FN7O2S/c1-15(2)18-10-17(25)11-19(16-5-7-26-20(9-16)34-4)21(18)27-22-28-23(30-29-22)35(33)32-13-24(14-32)6-8-31(3)12-24/h5,7,9-11,15H,6,8,12-14H2,1-4H3,(H2,27,28,29,30). The summed E-state index contributed by atoms with van der Waals surface area (Å²) in [6, 6.07) is 6.53. The van der Waals surface area contributed by atoms with Crippen molar-refractivity contribution in [2.75, 3.05) is 45.7 Å². The first kappa shape index (κ1) is 23.8. The van der Waals surface area contributed by atoms with Gasteiger partial charge in [0.2, 0.25) is 17.0 Å². The molecule has 186 valence electrons. The minimum Gasteiger partial charge on any atom is -0.481 e. The van der Waals surface area contributed by atoms with Crippen LogP contribution in [0.3, 0.4) is 0 Å². The highest BCUT2D eigenvalue weighted by Crippen LogP contribution is 2.41. The van der Waals surface area contributed by atoms with Gasteiger partial charge < -0.3 is 15.0 Å². The van der Waals surface area contributed by atoms with Crippen LogP contribution in [0.1, 0.15) is 31.7 Å². The molecule has 2 fully saturated rings. The molecule has 4 heterocycles. The first-order chi connectivity index (χ1) is 16.8. The first-order valence-electron chi connectivity index (χ1n) is 11.7. The van der Waals surface area contributed by atoms with Gasteiger partial charge in [-0.1, -0.05) is 13.8 Å². The lowest BCUT2D eigenvalue weighted by atomic mass is 9.81. The van der Waals surface area contributed by atoms with Crippen LogP contribution >= 0.6 is 0 Å². The number of pyridine rings is 1. The van der Waals surface area contributed by atoms with Crippen molar-refractivity contribution in [2.24, 2.45) is 5.41 Å². The Morgan fingerprint density at radius 1 is 1.26 bits per heavy atom. The predicted octanol–water partition coefficient (Wildman–Crippen LogP) is 3.54. The zero-order chi connectivity index (χ0) is 24.7. The average Bonchev–Trinajstić information content (AvgIpc) is 3.45. The fourth-order valence-corrected chi connectivity index (χ4v) is 6.31. The molecule has 11 heteroatoms. The zero-order valence-electron chi connectivity index (χ0n) is 20.3. The number of anilines is 2. The van der Waals surface area contributed by atoms with Crippen LogP contribution in [0, 0.1) is 11.2 Å². The highest BCUT2D eigenvalue weighted by molar-refractivity contribution is 7.82. The van der Waals surface area contributed by atoms with E-state index < -0.39 is 11.0 Å². The molecule has 0 aliphatic carbocycles. The number of hydrogen-bond donors (Lipinski definition) is 2. The van der Waals surface area contributed by atoms with Crippen molar-refractivity contribution in [3.63, 3.8) is 0 Å². The minimum atomic E-state index is -1.41. The number of nitrogens with one attached hydrogen (secondary N) is 2. The first-order valence-corrected chi connectivity index (χ1v) is 12.8. The average molecular weight is 500 g/mol. The lowest BCUT2D eigenvalue weighted by Gasteiger charge is -2.46. The molecule has 2 saturated heterocycles. The molecule has 9 nitrogen and oxygen atoms in total. The van der Waals surface area contributed by atoms with Gasteiger partial charge in [-0.25, -0.2) is 23.0 Å². The molecule has 0 amide bonds. The number of aromatic nitrogens is 4. The molecule has 0 bridgehead atoms. The summed E-state index contributed by atoms with van der Waals surface area (Å²) in [5.74, 6) is 0.399. The van der Waals surface area contributed by atoms with Crippen LogP contribution in [0.5, 0.6) is 5.88 Å². The van der Waals surface area contributed by atoms with Gasteiger partial charge in [-0.2, -0.15) is 4.98 Å². The second kappa shape index (κ2) is 9.29. The third-order valence-electron chi connectivity index (χ3n) is 6.76. The number of benzene rings is 1. The molecule has 2 aliphatic rings. The maximum absolute atomic E-state index is 14.6. The molecular weight excluding hydrogens is 469 g/mol. The van der Waals surface area contributed by atoms with Crippen LogP contribution in [-0.4, -0.2) is 73.9 Å². The monoisotopic (exact) mass is 499 g/mol. The topological polar surface area (TPSA) is 99.3 Å². The molecule has 2 aromatic heterocycles. The normalized spacial score (nSPS) is 18.7. The summed E-state index contributed by atoms with van der Waals surface area (Å²) in [6.45, 7) is 7.69. The maximum atomic E-state index is 14.6. The van der Waals surface area contributed by atoms with Gasteiger partial charge in [-0.05, 0) is 55.3 Å². The second-order valence-electron chi connectivity index (χ2n) is 9.78. The number of ether oxygens (including phenoxy) is 1. The van der Waals surface area contributed by atoms with E-state index in [4.69, 9.17) is 4.74 Å². The van der Waals surface area contributed by atoms with Crippen molar-refractivity contribution >= 4 is 22.6 Å². The van der Waals surface area contributed by atoms with Gasteiger partial charge >= 0.3 is 0 Å². The highest BCUT2D eigenvalue weighted by Gasteiger charge is 2.49. The lowest BCUT2D eigenvalue weighted by molar-refractivity contribution is 0.0860. The molecule has 35 heavy (non-hydrogen) atoms. The van der Waals surface area contributed by atoms with Crippen LogP contribution < -0.4 is 10.1 Å². The van der Waals surface area contributed by atoms with Crippen molar-refractivity contribution in [2.45, 2.75) is 31.3 Å².